The number of nitrogens with one attached hydrogen (secondary N) is 1. The predicted octanol–water partition coefficient (Wildman–Crippen LogP) is 3.02. The van der Waals surface area contributed by atoms with E-state index in [1.807, 2.05) is 12.1 Å². The van der Waals surface area contributed by atoms with Crippen LogP contribution in [0.2, 0.25) is 0 Å². The van der Waals surface area contributed by atoms with Crippen LogP contribution in [0.25, 0.3) is 11.0 Å². The topological polar surface area (TPSA) is 90.2 Å². The SMILES string of the molecule is COc1cccc2cc(C(=O)NCCC(O)c3ccc4c(c3)OCO4)oc12. The number of ether oxygens (including phenoxy) is 3. The number of hydrogen-bond donors (Lipinski definition) is 2. The van der Waals surface area contributed by atoms with Gasteiger partial charge >= 0.3 is 0 Å². The van der Waals surface area contributed by atoms with Gasteiger partial charge in [-0.15, -0.1) is 0 Å². The fourth-order valence-corrected chi connectivity index (χ4v) is 3.01. The molecule has 0 spiro atoms. The highest BCUT2D eigenvalue weighted by atomic mass is 16.7. The van der Waals surface area contributed by atoms with Crippen molar-refractivity contribution in [2.24, 2.45) is 0 Å². The lowest BCUT2D eigenvalue weighted by atomic mass is 10.1. The molecule has 0 aliphatic carbocycles. The molecule has 3 aromatic rings. The summed E-state index contributed by atoms with van der Waals surface area (Å²) in [7, 11) is 1.55. The van der Waals surface area contributed by atoms with Gasteiger partial charge in [-0.1, -0.05) is 18.2 Å². The Labute approximate surface area is 155 Å². The number of methoxy groups -OCH3 is 1. The normalized spacial score (nSPS) is 13.6. The Kier molecular flexibility index (Phi) is 4.60. The Hall–Kier alpha value is -3.19. The number of benzene rings is 2. The fraction of sp³-hybridized carbons (Fsp3) is 0.250. The molecule has 0 bridgehead atoms. The molecule has 1 unspecified atom stereocenters. The molecule has 0 radical (unpaired) electrons. The van der Waals surface area contributed by atoms with Crippen LogP contribution < -0.4 is 19.5 Å². The quantitative estimate of drug-likeness (QED) is 0.694. The molecule has 140 valence electrons. The maximum Gasteiger partial charge on any atom is 0.287 e. The summed E-state index contributed by atoms with van der Waals surface area (Å²) < 4.78 is 21.4. The molecule has 7 nitrogen and oxygen atoms in total. The minimum absolute atomic E-state index is 0.188. The maximum atomic E-state index is 12.3. The number of rotatable bonds is 6. The first-order chi connectivity index (χ1) is 13.2. The molecular formula is C20H19NO6. The molecule has 2 heterocycles. The molecular weight excluding hydrogens is 350 g/mol. The molecule has 1 aliphatic rings. The van der Waals surface area contributed by atoms with E-state index in [4.69, 9.17) is 18.6 Å². The van der Waals surface area contributed by atoms with Crippen molar-refractivity contribution in [1.29, 1.82) is 0 Å². The van der Waals surface area contributed by atoms with Crippen molar-refractivity contribution in [2.75, 3.05) is 20.4 Å². The van der Waals surface area contributed by atoms with E-state index in [0.717, 1.165) is 5.39 Å². The van der Waals surface area contributed by atoms with E-state index in [1.54, 1.807) is 37.4 Å². The second-order valence-electron chi connectivity index (χ2n) is 6.16. The third-order valence-electron chi connectivity index (χ3n) is 4.44. The van der Waals surface area contributed by atoms with E-state index in [1.165, 1.54) is 0 Å². The molecule has 2 aromatic carbocycles. The van der Waals surface area contributed by atoms with Crippen molar-refractivity contribution < 1.29 is 28.5 Å². The van der Waals surface area contributed by atoms with Crippen LogP contribution in [-0.2, 0) is 0 Å². The zero-order valence-electron chi connectivity index (χ0n) is 14.7. The van der Waals surface area contributed by atoms with Crippen LogP contribution in [0, 0.1) is 0 Å². The number of aliphatic hydroxyl groups is 1. The van der Waals surface area contributed by atoms with E-state index >= 15 is 0 Å². The number of aliphatic hydroxyl groups excluding tert-OH is 1. The highest BCUT2D eigenvalue weighted by molar-refractivity contribution is 5.97. The molecule has 1 amide bonds. The lowest BCUT2D eigenvalue weighted by Gasteiger charge is -2.12. The summed E-state index contributed by atoms with van der Waals surface area (Å²) in [5, 5.41) is 13.9. The van der Waals surface area contributed by atoms with Gasteiger partial charge in [0.25, 0.3) is 5.91 Å². The first-order valence-electron chi connectivity index (χ1n) is 8.58. The summed E-state index contributed by atoms with van der Waals surface area (Å²) in [6.45, 7) is 0.482. The molecule has 0 fully saturated rings. The van der Waals surface area contributed by atoms with Crippen molar-refractivity contribution in [3.05, 3.63) is 53.8 Å². The van der Waals surface area contributed by atoms with Crippen LogP contribution in [0.3, 0.4) is 0 Å². The number of furan rings is 1. The lowest BCUT2D eigenvalue weighted by molar-refractivity contribution is 0.0917. The minimum atomic E-state index is -0.726. The van der Waals surface area contributed by atoms with E-state index in [2.05, 4.69) is 5.32 Å². The predicted molar refractivity (Wildman–Crippen MR) is 97.2 cm³/mol. The Morgan fingerprint density at radius 3 is 2.93 bits per heavy atom. The largest absolute Gasteiger partial charge is 0.493 e. The first-order valence-corrected chi connectivity index (χ1v) is 8.58. The van der Waals surface area contributed by atoms with Crippen LogP contribution in [0.5, 0.6) is 17.2 Å². The summed E-state index contributed by atoms with van der Waals surface area (Å²) in [6, 6.07) is 12.4. The number of amides is 1. The van der Waals surface area contributed by atoms with Crippen LogP contribution in [-0.4, -0.2) is 31.5 Å². The Bertz CT molecular complexity index is 980. The van der Waals surface area contributed by atoms with E-state index in [0.29, 0.717) is 41.4 Å². The molecule has 0 saturated heterocycles. The molecule has 27 heavy (non-hydrogen) atoms. The zero-order valence-corrected chi connectivity index (χ0v) is 14.7. The lowest BCUT2D eigenvalue weighted by Crippen LogP contribution is -2.25. The number of hydrogen-bond acceptors (Lipinski definition) is 6. The van der Waals surface area contributed by atoms with Gasteiger partial charge in [0.15, 0.2) is 28.6 Å². The van der Waals surface area contributed by atoms with E-state index < -0.39 is 6.10 Å². The van der Waals surface area contributed by atoms with Gasteiger partial charge in [0.1, 0.15) is 0 Å². The molecule has 1 aliphatic heterocycles. The number of carbonyl (C=O) groups excluding carboxylic acids is 1. The van der Waals surface area contributed by atoms with Crippen LogP contribution in [0.15, 0.2) is 46.9 Å². The van der Waals surface area contributed by atoms with E-state index in [9.17, 15) is 9.90 Å². The molecule has 4 rings (SSSR count). The molecule has 0 saturated carbocycles. The van der Waals surface area contributed by atoms with Crippen LogP contribution in [0.1, 0.15) is 28.6 Å². The van der Waals surface area contributed by atoms with Gasteiger partial charge in [0, 0.05) is 11.9 Å². The van der Waals surface area contributed by atoms with E-state index in [-0.39, 0.29) is 18.5 Å². The number of fused-ring (bicyclic) bond motifs is 2. The fourth-order valence-electron chi connectivity index (χ4n) is 3.01. The zero-order chi connectivity index (χ0) is 18.8. The second kappa shape index (κ2) is 7.20. The van der Waals surface area contributed by atoms with Gasteiger partial charge in [0.2, 0.25) is 6.79 Å². The molecule has 7 heteroatoms. The summed E-state index contributed by atoms with van der Waals surface area (Å²) in [5.74, 6) is 1.72. The highest BCUT2D eigenvalue weighted by Gasteiger charge is 2.18. The highest BCUT2D eigenvalue weighted by Crippen LogP contribution is 2.34. The molecule has 1 aromatic heterocycles. The van der Waals surface area contributed by atoms with Crippen molar-refractivity contribution in [3.8, 4) is 17.2 Å². The summed E-state index contributed by atoms with van der Waals surface area (Å²) >= 11 is 0. The van der Waals surface area contributed by atoms with Gasteiger partial charge in [-0.2, -0.15) is 0 Å². The smallest absolute Gasteiger partial charge is 0.287 e. The number of para-hydroxylation sites is 1. The average molecular weight is 369 g/mol. The van der Waals surface area contributed by atoms with Gasteiger partial charge in [-0.25, -0.2) is 0 Å². The Balaban J connectivity index is 1.37. The molecule has 2 N–H and O–H groups in total. The van der Waals surface area contributed by atoms with Crippen LogP contribution >= 0.6 is 0 Å². The standard InChI is InChI=1S/C20H19NO6/c1-24-16-4-2-3-13-10-18(27-19(13)16)20(23)21-8-7-14(22)12-5-6-15-17(9-12)26-11-25-15/h2-6,9-10,14,22H,7-8,11H2,1H3,(H,21,23). The summed E-state index contributed by atoms with van der Waals surface area (Å²) in [4.78, 5) is 12.3. The van der Waals surface area contributed by atoms with Gasteiger partial charge < -0.3 is 29.1 Å². The van der Waals surface area contributed by atoms with Crippen LogP contribution in [0.4, 0.5) is 0 Å². The third kappa shape index (κ3) is 3.41. The van der Waals surface area contributed by atoms with Crippen molar-refractivity contribution >= 4 is 16.9 Å². The summed E-state index contributed by atoms with van der Waals surface area (Å²) in [6.07, 6.45) is -0.370. The van der Waals surface area contributed by atoms with Crippen molar-refractivity contribution in [1.82, 2.24) is 5.32 Å². The molecule has 1 atom stereocenters. The van der Waals surface area contributed by atoms with Crippen molar-refractivity contribution in [3.63, 3.8) is 0 Å². The first kappa shape index (κ1) is 17.2. The van der Waals surface area contributed by atoms with Gasteiger partial charge in [-0.3, -0.25) is 4.79 Å². The van der Waals surface area contributed by atoms with Gasteiger partial charge in [0.05, 0.1) is 13.2 Å². The summed E-state index contributed by atoms with van der Waals surface area (Å²) in [5.41, 5.74) is 1.24. The van der Waals surface area contributed by atoms with Gasteiger partial charge in [-0.05, 0) is 36.2 Å². The average Bonchev–Trinajstić information content (AvgIpc) is 3.33. The number of carbonyl (C=O) groups is 1. The maximum absolute atomic E-state index is 12.3. The van der Waals surface area contributed by atoms with Crippen molar-refractivity contribution in [2.45, 2.75) is 12.5 Å². The second-order valence-corrected chi connectivity index (χ2v) is 6.16. The Morgan fingerprint density at radius 1 is 1.22 bits per heavy atom. The third-order valence-corrected chi connectivity index (χ3v) is 4.44. The monoisotopic (exact) mass is 369 g/mol. The Morgan fingerprint density at radius 2 is 2.07 bits per heavy atom. The minimum Gasteiger partial charge on any atom is -0.493 e.